The number of ether oxygens (including phenoxy) is 3. The number of rotatable bonds is 10. The summed E-state index contributed by atoms with van der Waals surface area (Å²) < 4.78 is 16.9. The molecule has 0 aliphatic rings. The van der Waals surface area contributed by atoms with Crippen LogP contribution in [0.25, 0.3) is 22.0 Å². The van der Waals surface area contributed by atoms with E-state index in [4.69, 9.17) is 14.2 Å². The van der Waals surface area contributed by atoms with Gasteiger partial charge in [0.25, 0.3) is 5.91 Å². The molecule has 1 aromatic heterocycles. The SMILES string of the molecule is CCOc1ccc(C(=O)Oc2ccccc2C=NNC(=O)c2[nH]c3ccccc3c2-c2ccccc2)cc1OCC. The smallest absolute Gasteiger partial charge is 0.343 e. The van der Waals surface area contributed by atoms with Crippen molar-refractivity contribution in [3.8, 4) is 28.4 Å². The van der Waals surface area contributed by atoms with E-state index in [1.54, 1.807) is 42.5 Å². The molecule has 8 heteroatoms. The van der Waals surface area contributed by atoms with E-state index in [0.717, 1.165) is 22.0 Å². The highest BCUT2D eigenvalue weighted by molar-refractivity contribution is 6.09. The number of aromatic amines is 1. The minimum Gasteiger partial charge on any atom is -0.490 e. The van der Waals surface area contributed by atoms with Crippen molar-refractivity contribution in [3.63, 3.8) is 0 Å². The molecular weight excluding hydrogens is 518 g/mol. The van der Waals surface area contributed by atoms with Crippen LogP contribution in [0.2, 0.25) is 0 Å². The van der Waals surface area contributed by atoms with E-state index < -0.39 is 11.9 Å². The van der Waals surface area contributed by atoms with Crippen LogP contribution >= 0.6 is 0 Å². The lowest BCUT2D eigenvalue weighted by Gasteiger charge is -2.12. The summed E-state index contributed by atoms with van der Waals surface area (Å²) in [7, 11) is 0. The lowest BCUT2D eigenvalue weighted by Crippen LogP contribution is -2.19. The monoisotopic (exact) mass is 547 g/mol. The lowest BCUT2D eigenvalue weighted by atomic mass is 10.0. The van der Waals surface area contributed by atoms with Crippen molar-refractivity contribution in [3.05, 3.63) is 114 Å². The molecule has 0 spiro atoms. The van der Waals surface area contributed by atoms with Gasteiger partial charge in [-0.25, -0.2) is 10.2 Å². The highest BCUT2D eigenvalue weighted by Crippen LogP contribution is 2.32. The number of hydrogen-bond acceptors (Lipinski definition) is 6. The Hall–Kier alpha value is -5.37. The number of hydrazone groups is 1. The van der Waals surface area contributed by atoms with Gasteiger partial charge in [-0.15, -0.1) is 0 Å². The predicted octanol–water partition coefficient (Wildman–Crippen LogP) is 6.62. The van der Waals surface area contributed by atoms with Crippen LogP contribution in [0.4, 0.5) is 0 Å². The Labute approximate surface area is 237 Å². The van der Waals surface area contributed by atoms with Crippen LogP contribution in [0.5, 0.6) is 17.2 Å². The summed E-state index contributed by atoms with van der Waals surface area (Å²) in [5.41, 5.74) is 6.38. The zero-order chi connectivity index (χ0) is 28.6. The van der Waals surface area contributed by atoms with E-state index >= 15 is 0 Å². The van der Waals surface area contributed by atoms with Crippen LogP contribution in [0.1, 0.15) is 40.3 Å². The number of fused-ring (bicyclic) bond motifs is 1. The number of nitrogens with zero attached hydrogens (tertiary/aromatic N) is 1. The van der Waals surface area contributed by atoms with Crippen molar-refractivity contribution in [1.82, 2.24) is 10.4 Å². The average Bonchev–Trinajstić information content (AvgIpc) is 3.39. The van der Waals surface area contributed by atoms with E-state index in [1.807, 2.05) is 68.4 Å². The van der Waals surface area contributed by atoms with E-state index in [-0.39, 0.29) is 5.75 Å². The van der Waals surface area contributed by atoms with Crippen LogP contribution in [-0.2, 0) is 0 Å². The molecule has 0 aliphatic heterocycles. The maximum absolute atomic E-state index is 13.2. The third kappa shape index (κ3) is 6.12. The molecule has 41 heavy (non-hydrogen) atoms. The Morgan fingerprint density at radius 1 is 0.805 bits per heavy atom. The summed E-state index contributed by atoms with van der Waals surface area (Å²) in [6.45, 7) is 4.63. The van der Waals surface area contributed by atoms with E-state index in [1.165, 1.54) is 6.21 Å². The van der Waals surface area contributed by atoms with Gasteiger partial charge in [0.2, 0.25) is 0 Å². The molecule has 0 aliphatic carbocycles. The molecule has 0 fully saturated rings. The van der Waals surface area contributed by atoms with Gasteiger partial charge in [-0.1, -0.05) is 60.7 Å². The van der Waals surface area contributed by atoms with Gasteiger partial charge >= 0.3 is 5.97 Å². The minimum atomic E-state index is -0.565. The Morgan fingerprint density at radius 3 is 2.32 bits per heavy atom. The third-order valence-electron chi connectivity index (χ3n) is 6.27. The molecule has 1 heterocycles. The van der Waals surface area contributed by atoms with Crippen LogP contribution in [0.3, 0.4) is 0 Å². The summed E-state index contributed by atoms with van der Waals surface area (Å²) in [5, 5.41) is 5.10. The first-order valence-corrected chi connectivity index (χ1v) is 13.3. The molecule has 8 nitrogen and oxygen atoms in total. The molecule has 4 aromatic carbocycles. The van der Waals surface area contributed by atoms with E-state index in [0.29, 0.717) is 41.5 Å². The standard InChI is InChI=1S/C33H29N3O5/c1-3-39-28-19-18-23(20-29(28)40-4-2)33(38)41-27-17-11-8-14-24(27)21-34-36-32(37)31-30(22-12-6-5-7-13-22)25-15-9-10-16-26(25)35-31/h5-21,35H,3-4H2,1-2H3,(H,36,37). The number of carbonyl (C=O) groups excluding carboxylic acids is 2. The molecule has 206 valence electrons. The number of amides is 1. The third-order valence-corrected chi connectivity index (χ3v) is 6.27. The highest BCUT2D eigenvalue weighted by atomic mass is 16.5. The van der Waals surface area contributed by atoms with Crippen molar-refractivity contribution < 1.29 is 23.8 Å². The first-order chi connectivity index (χ1) is 20.1. The number of hydrogen-bond donors (Lipinski definition) is 2. The largest absolute Gasteiger partial charge is 0.490 e. The summed E-state index contributed by atoms with van der Waals surface area (Å²) in [4.78, 5) is 29.4. The van der Waals surface area contributed by atoms with Crippen molar-refractivity contribution in [2.45, 2.75) is 13.8 Å². The number of para-hydroxylation sites is 2. The Kier molecular flexibility index (Phi) is 8.40. The van der Waals surface area contributed by atoms with Crippen molar-refractivity contribution in [2.75, 3.05) is 13.2 Å². The number of benzene rings is 4. The predicted molar refractivity (Wildman–Crippen MR) is 159 cm³/mol. The van der Waals surface area contributed by atoms with Gasteiger partial charge in [0.15, 0.2) is 11.5 Å². The molecular formula is C33H29N3O5. The summed E-state index contributed by atoms with van der Waals surface area (Å²) in [6.07, 6.45) is 1.44. The zero-order valence-electron chi connectivity index (χ0n) is 22.7. The van der Waals surface area contributed by atoms with Crippen molar-refractivity contribution in [2.24, 2.45) is 5.10 Å². The topological polar surface area (TPSA) is 102 Å². The number of aromatic nitrogens is 1. The Bertz CT molecular complexity index is 1710. The first kappa shape index (κ1) is 27.2. The highest BCUT2D eigenvalue weighted by Gasteiger charge is 2.19. The Morgan fingerprint density at radius 2 is 1.51 bits per heavy atom. The Balaban J connectivity index is 1.34. The molecule has 5 aromatic rings. The van der Waals surface area contributed by atoms with Gasteiger partial charge in [-0.3, -0.25) is 4.79 Å². The fourth-order valence-corrected chi connectivity index (χ4v) is 4.45. The first-order valence-electron chi connectivity index (χ1n) is 13.3. The molecule has 0 radical (unpaired) electrons. The molecule has 0 saturated heterocycles. The van der Waals surface area contributed by atoms with Crippen LogP contribution < -0.4 is 19.6 Å². The summed E-state index contributed by atoms with van der Waals surface area (Å²) >= 11 is 0. The molecule has 0 bridgehead atoms. The van der Waals surface area contributed by atoms with Gasteiger partial charge in [-0.2, -0.15) is 5.10 Å². The molecule has 0 saturated carbocycles. The van der Waals surface area contributed by atoms with Crippen molar-refractivity contribution >= 4 is 29.0 Å². The maximum atomic E-state index is 13.2. The second-order valence-electron chi connectivity index (χ2n) is 8.94. The fourth-order valence-electron chi connectivity index (χ4n) is 4.45. The van der Waals surface area contributed by atoms with Crippen molar-refractivity contribution in [1.29, 1.82) is 0 Å². The maximum Gasteiger partial charge on any atom is 0.343 e. The second kappa shape index (κ2) is 12.7. The van der Waals surface area contributed by atoms with E-state index in [9.17, 15) is 9.59 Å². The molecule has 0 atom stereocenters. The molecule has 2 N–H and O–H groups in total. The summed E-state index contributed by atoms with van der Waals surface area (Å²) in [5.74, 6) is 0.346. The molecule has 5 rings (SSSR count). The number of H-pyrrole nitrogens is 1. The molecule has 0 unspecified atom stereocenters. The van der Waals surface area contributed by atoms with E-state index in [2.05, 4.69) is 15.5 Å². The van der Waals surface area contributed by atoms with Gasteiger partial charge < -0.3 is 19.2 Å². The van der Waals surface area contributed by atoms with Crippen LogP contribution in [-0.4, -0.2) is 36.3 Å². The second-order valence-corrected chi connectivity index (χ2v) is 8.94. The van der Waals surface area contributed by atoms with Gasteiger partial charge in [-0.05, 0) is 55.8 Å². The normalized spacial score (nSPS) is 11.0. The quantitative estimate of drug-likeness (QED) is 0.0886. The number of esters is 1. The molecule has 1 amide bonds. The average molecular weight is 548 g/mol. The van der Waals surface area contributed by atoms with Gasteiger partial charge in [0.1, 0.15) is 11.4 Å². The van der Waals surface area contributed by atoms with Crippen LogP contribution in [0.15, 0.2) is 102 Å². The zero-order valence-corrected chi connectivity index (χ0v) is 22.7. The van der Waals surface area contributed by atoms with Crippen LogP contribution in [0, 0.1) is 0 Å². The number of nitrogens with one attached hydrogen (secondary N) is 2. The van der Waals surface area contributed by atoms with Gasteiger partial charge in [0.05, 0.1) is 25.0 Å². The lowest BCUT2D eigenvalue weighted by molar-refractivity contribution is 0.0733. The fraction of sp³-hybridized carbons (Fsp3) is 0.121. The van der Waals surface area contributed by atoms with Gasteiger partial charge in [0, 0.05) is 22.0 Å². The number of carbonyl (C=O) groups is 2. The minimum absolute atomic E-state index is 0.290. The summed E-state index contributed by atoms with van der Waals surface area (Å²) in [6, 6.07) is 29.3.